The lowest BCUT2D eigenvalue weighted by molar-refractivity contribution is 0.0981. The molecule has 1 aromatic heterocycles. The smallest absolute Gasteiger partial charge is 0.164 e. The van der Waals surface area contributed by atoms with Crippen molar-refractivity contribution in [3.05, 3.63) is 29.1 Å². The Balaban J connectivity index is 2.95. The number of aryl methyl sites for hydroxylation is 2. The maximum atomic E-state index is 11.5. The minimum atomic E-state index is 0.201. The number of hydrogen-bond acceptors (Lipinski definition) is 2. The van der Waals surface area contributed by atoms with Crippen LogP contribution in [-0.2, 0) is 0 Å². The largest absolute Gasteiger partial charge is 0.294 e. The summed E-state index contributed by atoms with van der Waals surface area (Å²) >= 11 is 0. The number of rotatable bonds is 3. The number of hydrogen-bond donors (Lipinski definition) is 0. The molecule has 0 aliphatic rings. The van der Waals surface area contributed by atoms with Crippen molar-refractivity contribution in [3.63, 3.8) is 0 Å². The fourth-order valence-electron chi connectivity index (χ4n) is 1.35. The summed E-state index contributed by atoms with van der Waals surface area (Å²) < 4.78 is 0. The second-order valence-corrected chi connectivity index (χ2v) is 3.31. The van der Waals surface area contributed by atoms with Crippen LogP contribution < -0.4 is 0 Å². The van der Waals surface area contributed by atoms with Crippen LogP contribution in [0.3, 0.4) is 0 Å². The highest BCUT2D eigenvalue weighted by molar-refractivity contribution is 5.97. The molecule has 0 aliphatic heterocycles. The molecular formula is C11H15NO. The van der Waals surface area contributed by atoms with E-state index in [0.717, 1.165) is 23.2 Å². The molecule has 2 heteroatoms. The summed E-state index contributed by atoms with van der Waals surface area (Å²) in [5.74, 6) is 0.201. The van der Waals surface area contributed by atoms with Gasteiger partial charge in [-0.1, -0.05) is 6.92 Å². The van der Waals surface area contributed by atoms with E-state index in [1.807, 2.05) is 26.8 Å². The quantitative estimate of drug-likeness (QED) is 0.664. The lowest BCUT2D eigenvalue weighted by Gasteiger charge is -2.03. The molecule has 0 fully saturated rings. The van der Waals surface area contributed by atoms with E-state index >= 15 is 0 Å². The second kappa shape index (κ2) is 4.17. The number of carbonyl (C=O) groups is 1. The Morgan fingerprint density at radius 2 is 2.15 bits per heavy atom. The SMILES string of the molecule is CCCC(=O)c1cnc(C)cc1C. The van der Waals surface area contributed by atoms with Gasteiger partial charge in [-0.2, -0.15) is 0 Å². The molecule has 1 rings (SSSR count). The van der Waals surface area contributed by atoms with Gasteiger partial charge in [0.05, 0.1) is 0 Å². The Hall–Kier alpha value is -1.18. The van der Waals surface area contributed by atoms with E-state index in [2.05, 4.69) is 4.98 Å². The average molecular weight is 177 g/mol. The first kappa shape index (κ1) is 9.90. The van der Waals surface area contributed by atoms with Gasteiger partial charge < -0.3 is 0 Å². The predicted octanol–water partition coefficient (Wildman–Crippen LogP) is 2.68. The summed E-state index contributed by atoms with van der Waals surface area (Å²) in [7, 11) is 0. The third kappa shape index (κ3) is 2.38. The zero-order valence-corrected chi connectivity index (χ0v) is 8.42. The van der Waals surface area contributed by atoms with Crippen LogP contribution in [0.2, 0.25) is 0 Å². The second-order valence-electron chi connectivity index (χ2n) is 3.31. The average Bonchev–Trinajstić information content (AvgIpc) is 2.04. The van der Waals surface area contributed by atoms with Crippen LogP contribution in [0, 0.1) is 13.8 Å². The zero-order chi connectivity index (χ0) is 9.84. The molecule has 0 saturated heterocycles. The van der Waals surface area contributed by atoms with Crippen molar-refractivity contribution in [2.45, 2.75) is 33.6 Å². The Labute approximate surface area is 79.0 Å². The van der Waals surface area contributed by atoms with E-state index in [-0.39, 0.29) is 5.78 Å². The summed E-state index contributed by atoms with van der Waals surface area (Å²) in [6, 6.07) is 1.95. The molecule has 0 spiro atoms. The van der Waals surface area contributed by atoms with Crippen molar-refractivity contribution in [1.29, 1.82) is 0 Å². The number of aromatic nitrogens is 1. The maximum absolute atomic E-state index is 11.5. The normalized spacial score (nSPS) is 10.1. The van der Waals surface area contributed by atoms with E-state index in [1.165, 1.54) is 0 Å². The summed E-state index contributed by atoms with van der Waals surface area (Å²) in [4.78, 5) is 15.7. The van der Waals surface area contributed by atoms with Gasteiger partial charge in [0.1, 0.15) is 0 Å². The number of pyridine rings is 1. The standard InChI is InChI=1S/C11H15NO/c1-4-5-11(13)10-7-12-9(3)6-8(10)2/h6-7H,4-5H2,1-3H3. The van der Waals surface area contributed by atoms with E-state index < -0.39 is 0 Å². The van der Waals surface area contributed by atoms with Crippen molar-refractivity contribution in [1.82, 2.24) is 4.98 Å². The fraction of sp³-hybridized carbons (Fsp3) is 0.455. The van der Waals surface area contributed by atoms with E-state index in [1.54, 1.807) is 6.20 Å². The first-order valence-corrected chi connectivity index (χ1v) is 4.61. The third-order valence-corrected chi connectivity index (χ3v) is 2.02. The lowest BCUT2D eigenvalue weighted by Crippen LogP contribution is -2.02. The summed E-state index contributed by atoms with van der Waals surface area (Å²) in [5.41, 5.74) is 2.77. The first-order valence-electron chi connectivity index (χ1n) is 4.61. The lowest BCUT2D eigenvalue weighted by atomic mass is 10.0. The summed E-state index contributed by atoms with van der Waals surface area (Å²) in [6.45, 7) is 5.90. The Morgan fingerprint density at radius 3 is 2.69 bits per heavy atom. The van der Waals surface area contributed by atoms with Crippen LogP contribution in [0.25, 0.3) is 0 Å². The van der Waals surface area contributed by atoms with Crippen LogP contribution in [-0.4, -0.2) is 10.8 Å². The van der Waals surface area contributed by atoms with Crippen LogP contribution in [0.5, 0.6) is 0 Å². The van der Waals surface area contributed by atoms with Crippen molar-refractivity contribution < 1.29 is 4.79 Å². The molecule has 1 aromatic rings. The van der Waals surface area contributed by atoms with Crippen molar-refractivity contribution in [2.24, 2.45) is 0 Å². The molecule has 0 aliphatic carbocycles. The third-order valence-electron chi connectivity index (χ3n) is 2.02. The molecule has 2 nitrogen and oxygen atoms in total. The van der Waals surface area contributed by atoms with Gasteiger partial charge in [0.2, 0.25) is 0 Å². The Bertz CT molecular complexity index is 318. The molecule has 1 heterocycles. The van der Waals surface area contributed by atoms with E-state index in [0.29, 0.717) is 6.42 Å². The van der Waals surface area contributed by atoms with Gasteiger partial charge in [0.15, 0.2) is 5.78 Å². The minimum absolute atomic E-state index is 0.201. The van der Waals surface area contributed by atoms with Crippen LogP contribution >= 0.6 is 0 Å². The molecular weight excluding hydrogens is 162 g/mol. The van der Waals surface area contributed by atoms with E-state index in [9.17, 15) is 4.79 Å². The summed E-state index contributed by atoms with van der Waals surface area (Å²) in [6.07, 6.45) is 3.19. The molecule has 0 bridgehead atoms. The number of ketones is 1. The predicted molar refractivity (Wildman–Crippen MR) is 52.9 cm³/mol. The fourth-order valence-corrected chi connectivity index (χ4v) is 1.35. The Morgan fingerprint density at radius 1 is 1.46 bits per heavy atom. The van der Waals surface area contributed by atoms with Crippen molar-refractivity contribution in [2.75, 3.05) is 0 Å². The van der Waals surface area contributed by atoms with Crippen molar-refractivity contribution in [3.8, 4) is 0 Å². The molecule has 0 N–H and O–H groups in total. The van der Waals surface area contributed by atoms with Gasteiger partial charge in [0.25, 0.3) is 0 Å². The molecule has 0 saturated carbocycles. The highest BCUT2D eigenvalue weighted by Crippen LogP contribution is 2.11. The topological polar surface area (TPSA) is 30.0 Å². The van der Waals surface area contributed by atoms with Gasteiger partial charge in [-0.25, -0.2) is 0 Å². The van der Waals surface area contributed by atoms with Crippen LogP contribution in [0.1, 0.15) is 41.4 Å². The van der Waals surface area contributed by atoms with Gasteiger partial charge in [-0.3, -0.25) is 9.78 Å². The van der Waals surface area contributed by atoms with Crippen LogP contribution in [0.4, 0.5) is 0 Å². The highest BCUT2D eigenvalue weighted by Gasteiger charge is 2.07. The molecule has 0 unspecified atom stereocenters. The van der Waals surface area contributed by atoms with Gasteiger partial charge in [-0.05, 0) is 31.9 Å². The minimum Gasteiger partial charge on any atom is -0.294 e. The van der Waals surface area contributed by atoms with E-state index in [4.69, 9.17) is 0 Å². The molecule has 70 valence electrons. The molecule has 0 aromatic carbocycles. The van der Waals surface area contributed by atoms with Gasteiger partial charge in [0, 0.05) is 23.9 Å². The van der Waals surface area contributed by atoms with Crippen LogP contribution in [0.15, 0.2) is 12.3 Å². The summed E-state index contributed by atoms with van der Waals surface area (Å²) in [5, 5.41) is 0. The van der Waals surface area contributed by atoms with Crippen molar-refractivity contribution >= 4 is 5.78 Å². The molecule has 0 radical (unpaired) electrons. The first-order chi connectivity index (χ1) is 6.15. The highest BCUT2D eigenvalue weighted by atomic mass is 16.1. The number of carbonyl (C=O) groups excluding carboxylic acids is 1. The molecule has 0 amide bonds. The Kier molecular flexibility index (Phi) is 3.18. The maximum Gasteiger partial charge on any atom is 0.164 e. The zero-order valence-electron chi connectivity index (χ0n) is 8.42. The van der Waals surface area contributed by atoms with Gasteiger partial charge >= 0.3 is 0 Å². The number of nitrogens with zero attached hydrogens (tertiary/aromatic N) is 1. The molecule has 0 atom stereocenters. The van der Waals surface area contributed by atoms with Gasteiger partial charge in [-0.15, -0.1) is 0 Å². The number of Topliss-reactive ketones (excluding diaryl/α,β-unsaturated/α-hetero) is 1. The molecule has 13 heavy (non-hydrogen) atoms. The monoisotopic (exact) mass is 177 g/mol.